The zero-order valence-electron chi connectivity index (χ0n) is 15.2. The smallest absolute Gasteiger partial charge is 0.410 e. The molecule has 6 heteroatoms. The van der Waals surface area contributed by atoms with E-state index in [2.05, 4.69) is 4.98 Å². The molecule has 134 valence electrons. The molecule has 6 nitrogen and oxygen atoms in total. The highest BCUT2D eigenvalue weighted by atomic mass is 16.6. The first-order valence-corrected chi connectivity index (χ1v) is 8.61. The first-order chi connectivity index (χ1) is 11.3. The van der Waals surface area contributed by atoms with E-state index in [9.17, 15) is 9.59 Å². The molecule has 1 fully saturated rings. The molecule has 1 unspecified atom stereocenters. The van der Waals surface area contributed by atoms with Gasteiger partial charge in [0.15, 0.2) is 5.78 Å². The van der Waals surface area contributed by atoms with E-state index in [1.165, 1.54) is 0 Å². The summed E-state index contributed by atoms with van der Waals surface area (Å²) < 4.78 is 5.53. The van der Waals surface area contributed by atoms with Gasteiger partial charge in [0, 0.05) is 25.3 Å². The minimum atomic E-state index is -0.492. The van der Waals surface area contributed by atoms with Crippen molar-refractivity contribution in [2.45, 2.75) is 51.7 Å². The standard InChI is InChI=1S/C18H29N3O3/c1-18(2,3)24-17(23)21-11-6-5-8-14(21)12-20(4)13-16(22)15-9-7-10-19-15/h7,9-10,14,19H,5-6,8,11-13H2,1-4H3. The first kappa shape index (κ1) is 18.5. The molecule has 1 atom stereocenters. The summed E-state index contributed by atoms with van der Waals surface area (Å²) in [5.74, 6) is 0.0575. The number of hydrogen-bond donors (Lipinski definition) is 1. The predicted octanol–water partition coefficient (Wildman–Crippen LogP) is 2.92. The molecule has 0 aromatic carbocycles. The van der Waals surface area contributed by atoms with E-state index in [4.69, 9.17) is 4.74 Å². The van der Waals surface area contributed by atoms with Crippen molar-refractivity contribution in [3.05, 3.63) is 24.0 Å². The van der Waals surface area contributed by atoms with Crippen molar-refractivity contribution in [1.29, 1.82) is 0 Å². The lowest BCUT2D eigenvalue weighted by atomic mass is 10.0. The van der Waals surface area contributed by atoms with Crippen molar-refractivity contribution in [2.24, 2.45) is 0 Å². The number of H-pyrrole nitrogens is 1. The van der Waals surface area contributed by atoms with Crippen LogP contribution in [0.25, 0.3) is 0 Å². The second-order valence-electron chi connectivity index (χ2n) is 7.53. The van der Waals surface area contributed by atoms with Gasteiger partial charge < -0.3 is 14.6 Å². The fraction of sp³-hybridized carbons (Fsp3) is 0.667. The number of piperidine rings is 1. The van der Waals surface area contributed by atoms with Gasteiger partial charge in [-0.05, 0) is 59.2 Å². The Labute approximate surface area is 144 Å². The molecule has 0 spiro atoms. The Morgan fingerprint density at radius 1 is 1.38 bits per heavy atom. The van der Waals surface area contributed by atoms with Crippen molar-refractivity contribution < 1.29 is 14.3 Å². The highest BCUT2D eigenvalue weighted by Crippen LogP contribution is 2.21. The number of rotatable bonds is 5. The fourth-order valence-electron chi connectivity index (χ4n) is 3.01. The van der Waals surface area contributed by atoms with Crippen molar-refractivity contribution in [3.63, 3.8) is 0 Å². The van der Waals surface area contributed by atoms with Gasteiger partial charge in [-0.2, -0.15) is 0 Å². The molecule has 0 aliphatic carbocycles. The summed E-state index contributed by atoms with van der Waals surface area (Å²) in [5, 5.41) is 0. The Morgan fingerprint density at radius 2 is 2.12 bits per heavy atom. The summed E-state index contributed by atoms with van der Waals surface area (Å²) >= 11 is 0. The lowest BCUT2D eigenvalue weighted by Gasteiger charge is -2.38. The molecule has 1 aromatic heterocycles. The molecule has 1 aliphatic heterocycles. The number of likely N-dealkylation sites (tertiary alicyclic amines) is 1. The van der Waals surface area contributed by atoms with Gasteiger partial charge >= 0.3 is 6.09 Å². The molecule has 1 amide bonds. The maximum Gasteiger partial charge on any atom is 0.410 e. The Hall–Kier alpha value is -1.82. The molecule has 1 N–H and O–H groups in total. The van der Waals surface area contributed by atoms with E-state index in [0.29, 0.717) is 18.8 Å². The number of nitrogens with one attached hydrogen (secondary N) is 1. The number of aromatic amines is 1. The van der Waals surface area contributed by atoms with Crippen molar-refractivity contribution in [3.8, 4) is 0 Å². The third-order valence-electron chi connectivity index (χ3n) is 4.09. The molecular formula is C18H29N3O3. The summed E-state index contributed by atoms with van der Waals surface area (Å²) in [4.78, 5) is 31.4. The van der Waals surface area contributed by atoms with Crippen LogP contribution in [0.4, 0.5) is 4.79 Å². The molecule has 24 heavy (non-hydrogen) atoms. The van der Waals surface area contributed by atoms with Crippen LogP contribution in [0, 0.1) is 0 Å². The third kappa shape index (κ3) is 5.37. The van der Waals surface area contributed by atoms with E-state index >= 15 is 0 Å². The van der Waals surface area contributed by atoms with Crippen LogP contribution in [0.1, 0.15) is 50.5 Å². The van der Waals surface area contributed by atoms with E-state index in [0.717, 1.165) is 25.8 Å². The minimum absolute atomic E-state index is 0.0575. The zero-order valence-corrected chi connectivity index (χ0v) is 15.2. The van der Waals surface area contributed by atoms with Crippen LogP contribution in [0.3, 0.4) is 0 Å². The van der Waals surface area contributed by atoms with Gasteiger partial charge in [-0.3, -0.25) is 9.69 Å². The lowest BCUT2D eigenvalue weighted by Crippen LogP contribution is -2.50. The van der Waals surface area contributed by atoms with Crippen LogP contribution in [-0.4, -0.2) is 65.0 Å². The van der Waals surface area contributed by atoms with Gasteiger partial charge in [0.05, 0.1) is 12.2 Å². The number of hydrogen-bond acceptors (Lipinski definition) is 4. The van der Waals surface area contributed by atoms with E-state index < -0.39 is 5.60 Å². The predicted molar refractivity (Wildman–Crippen MR) is 93.2 cm³/mol. The molecule has 2 rings (SSSR count). The van der Waals surface area contributed by atoms with Gasteiger partial charge in [0.2, 0.25) is 0 Å². The maximum absolute atomic E-state index is 12.4. The third-order valence-corrected chi connectivity index (χ3v) is 4.09. The number of ketones is 1. The number of amides is 1. The van der Waals surface area contributed by atoms with Gasteiger partial charge in [-0.1, -0.05) is 0 Å². The van der Waals surface area contributed by atoms with Crippen molar-refractivity contribution in [1.82, 2.24) is 14.8 Å². The zero-order chi connectivity index (χ0) is 17.7. The van der Waals surface area contributed by atoms with Gasteiger partial charge in [0.25, 0.3) is 0 Å². The molecule has 0 saturated carbocycles. The minimum Gasteiger partial charge on any atom is -0.444 e. The molecular weight excluding hydrogens is 306 g/mol. The lowest BCUT2D eigenvalue weighted by molar-refractivity contribution is 0.00638. The van der Waals surface area contributed by atoms with Gasteiger partial charge in [-0.15, -0.1) is 0 Å². The summed E-state index contributed by atoms with van der Waals surface area (Å²) in [6.45, 7) is 7.36. The number of carbonyl (C=O) groups is 2. The maximum atomic E-state index is 12.4. The second kappa shape index (κ2) is 7.83. The molecule has 1 aliphatic rings. The topological polar surface area (TPSA) is 65.6 Å². The van der Waals surface area contributed by atoms with Crippen LogP contribution < -0.4 is 0 Å². The van der Waals surface area contributed by atoms with E-state index in [1.54, 1.807) is 12.3 Å². The quantitative estimate of drug-likeness (QED) is 0.840. The van der Waals surface area contributed by atoms with Crippen molar-refractivity contribution >= 4 is 11.9 Å². The molecule has 1 aromatic rings. The number of likely N-dealkylation sites (N-methyl/N-ethyl adjacent to an activating group) is 1. The second-order valence-corrected chi connectivity index (χ2v) is 7.53. The number of Topliss-reactive ketones (excluding diaryl/α,β-unsaturated/α-hetero) is 1. The highest BCUT2D eigenvalue weighted by Gasteiger charge is 2.31. The van der Waals surface area contributed by atoms with Crippen LogP contribution in [-0.2, 0) is 4.74 Å². The molecule has 0 bridgehead atoms. The molecule has 0 radical (unpaired) electrons. The molecule has 1 saturated heterocycles. The van der Waals surface area contributed by atoms with E-state index in [1.807, 2.05) is 43.7 Å². The summed E-state index contributed by atoms with van der Waals surface area (Å²) in [6, 6.07) is 3.69. The van der Waals surface area contributed by atoms with Crippen LogP contribution in [0.15, 0.2) is 18.3 Å². The summed E-state index contributed by atoms with van der Waals surface area (Å²) in [6.07, 6.45) is 4.54. The monoisotopic (exact) mass is 335 g/mol. The normalized spacial score (nSPS) is 18.7. The van der Waals surface area contributed by atoms with Crippen LogP contribution in [0.2, 0.25) is 0 Å². The summed E-state index contributed by atoms with van der Waals surface area (Å²) in [7, 11) is 1.92. The average Bonchev–Trinajstić information content (AvgIpc) is 3.00. The SMILES string of the molecule is CN(CC(=O)c1ccc[nH]1)CC1CCCCN1C(=O)OC(C)(C)C. The molecule has 2 heterocycles. The number of nitrogens with zero attached hydrogens (tertiary/aromatic N) is 2. The van der Waals surface area contributed by atoms with E-state index in [-0.39, 0.29) is 17.9 Å². The first-order valence-electron chi connectivity index (χ1n) is 8.61. The van der Waals surface area contributed by atoms with Gasteiger partial charge in [-0.25, -0.2) is 4.79 Å². The van der Waals surface area contributed by atoms with Crippen LogP contribution >= 0.6 is 0 Å². The highest BCUT2D eigenvalue weighted by molar-refractivity contribution is 5.95. The average molecular weight is 335 g/mol. The Morgan fingerprint density at radius 3 is 2.75 bits per heavy atom. The number of carbonyl (C=O) groups excluding carboxylic acids is 2. The Bertz CT molecular complexity index is 548. The summed E-state index contributed by atoms with van der Waals surface area (Å²) in [5.41, 5.74) is 0.128. The Kier molecular flexibility index (Phi) is 6.04. The Balaban J connectivity index is 1.92. The number of aromatic nitrogens is 1. The largest absolute Gasteiger partial charge is 0.444 e. The van der Waals surface area contributed by atoms with Crippen LogP contribution in [0.5, 0.6) is 0 Å². The number of ether oxygens (including phenoxy) is 1. The van der Waals surface area contributed by atoms with Gasteiger partial charge in [0.1, 0.15) is 5.60 Å². The fourth-order valence-corrected chi connectivity index (χ4v) is 3.01. The van der Waals surface area contributed by atoms with Crippen molar-refractivity contribution in [2.75, 3.05) is 26.7 Å².